The fraction of sp³-hybridized carbons (Fsp3) is 0.450. The molecule has 0 radical (unpaired) electrons. The summed E-state index contributed by atoms with van der Waals surface area (Å²) in [4.78, 5) is 12.5. The topological polar surface area (TPSA) is 43.4 Å². The second-order valence-electron chi connectivity index (χ2n) is 6.32. The van der Waals surface area contributed by atoms with E-state index in [1.54, 1.807) is 11.8 Å². The molecule has 5 heteroatoms. The number of carbonyl (C=O) groups is 1. The molecule has 0 fully saturated rings. The molecule has 25 heavy (non-hydrogen) atoms. The molecule has 0 bridgehead atoms. The third kappa shape index (κ3) is 7.25. The van der Waals surface area contributed by atoms with Crippen LogP contribution in [0.3, 0.4) is 0 Å². The SMILES string of the molecule is CCOC(=O)CCC(C)CC[PH](=O)CSc1ccc2ccccc2c1. The van der Waals surface area contributed by atoms with E-state index in [2.05, 4.69) is 37.3 Å². The molecule has 0 aromatic heterocycles. The fourth-order valence-corrected chi connectivity index (χ4v) is 5.72. The second-order valence-corrected chi connectivity index (χ2v) is 9.82. The van der Waals surface area contributed by atoms with Crippen LogP contribution in [0.4, 0.5) is 0 Å². The maximum atomic E-state index is 12.3. The molecule has 2 rings (SSSR count). The van der Waals surface area contributed by atoms with Crippen molar-refractivity contribution in [1.82, 2.24) is 0 Å². The molecule has 0 heterocycles. The Hall–Kier alpha value is -1.25. The van der Waals surface area contributed by atoms with E-state index in [-0.39, 0.29) is 5.97 Å². The Labute approximate surface area is 155 Å². The average Bonchev–Trinajstić information content (AvgIpc) is 2.63. The van der Waals surface area contributed by atoms with E-state index in [1.165, 1.54) is 15.7 Å². The van der Waals surface area contributed by atoms with Gasteiger partial charge >= 0.3 is 5.97 Å². The predicted molar refractivity (Wildman–Crippen MR) is 108 cm³/mol. The van der Waals surface area contributed by atoms with Gasteiger partial charge in [0.1, 0.15) is 0 Å². The van der Waals surface area contributed by atoms with Crippen molar-refractivity contribution in [3.8, 4) is 0 Å². The highest BCUT2D eigenvalue weighted by atomic mass is 32.2. The van der Waals surface area contributed by atoms with Gasteiger partial charge in [-0.3, -0.25) is 4.79 Å². The molecule has 0 amide bonds. The third-order valence-corrected chi connectivity index (χ3v) is 7.48. The average molecular weight is 378 g/mol. The Bertz CT molecular complexity index is 717. The predicted octanol–water partition coefficient (Wildman–Crippen LogP) is 5.82. The van der Waals surface area contributed by atoms with Gasteiger partial charge < -0.3 is 9.30 Å². The van der Waals surface area contributed by atoms with Gasteiger partial charge in [0.25, 0.3) is 0 Å². The summed E-state index contributed by atoms with van der Waals surface area (Å²) >= 11 is 1.68. The van der Waals surface area contributed by atoms with Crippen molar-refractivity contribution in [2.45, 2.75) is 38.0 Å². The van der Waals surface area contributed by atoms with E-state index in [0.29, 0.717) is 24.4 Å². The normalized spacial score (nSPS) is 13.5. The Morgan fingerprint density at radius 2 is 1.92 bits per heavy atom. The summed E-state index contributed by atoms with van der Waals surface area (Å²) in [6.07, 6.45) is 2.94. The zero-order valence-corrected chi connectivity index (χ0v) is 16.8. The lowest BCUT2D eigenvalue weighted by atomic mass is 10.0. The standard InChI is InChI=1S/C20H27O3PS/c1-3-23-20(21)11-8-16(2)12-13-24(22)15-25-19-10-9-17-6-4-5-7-18(17)14-19/h4-7,9-10,14,16,24H,3,8,11-13,15H2,1-2H3. The van der Waals surface area contributed by atoms with Crippen molar-refractivity contribution in [3.05, 3.63) is 42.5 Å². The van der Waals surface area contributed by atoms with E-state index >= 15 is 0 Å². The van der Waals surface area contributed by atoms with Crippen LogP contribution in [-0.2, 0) is 14.1 Å². The van der Waals surface area contributed by atoms with Crippen molar-refractivity contribution in [3.63, 3.8) is 0 Å². The smallest absolute Gasteiger partial charge is 0.305 e. The summed E-state index contributed by atoms with van der Waals surface area (Å²) in [6, 6.07) is 14.7. The van der Waals surface area contributed by atoms with E-state index in [1.807, 2.05) is 19.1 Å². The Morgan fingerprint density at radius 1 is 1.16 bits per heavy atom. The van der Waals surface area contributed by atoms with Crippen LogP contribution in [0.15, 0.2) is 47.4 Å². The third-order valence-electron chi connectivity index (χ3n) is 4.18. The molecule has 0 spiro atoms. The number of hydrogen-bond acceptors (Lipinski definition) is 4. The molecule has 2 aromatic carbocycles. The summed E-state index contributed by atoms with van der Waals surface area (Å²) < 4.78 is 17.2. The van der Waals surface area contributed by atoms with Crippen LogP contribution in [0.2, 0.25) is 0 Å². The summed E-state index contributed by atoms with van der Waals surface area (Å²) in [5.74, 6) is 0.276. The Kier molecular flexibility index (Phi) is 8.57. The largest absolute Gasteiger partial charge is 0.466 e. The Morgan fingerprint density at radius 3 is 2.68 bits per heavy atom. The number of hydrogen-bond donors (Lipinski definition) is 0. The number of esters is 1. The first-order chi connectivity index (χ1) is 12.1. The number of thioether (sulfide) groups is 1. The molecule has 0 aliphatic carbocycles. The molecule has 0 aliphatic rings. The van der Waals surface area contributed by atoms with Crippen molar-refractivity contribution in [2.75, 3.05) is 18.3 Å². The van der Waals surface area contributed by atoms with Crippen LogP contribution in [0.25, 0.3) is 10.8 Å². The van der Waals surface area contributed by atoms with Crippen LogP contribution in [0, 0.1) is 5.92 Å². The van der Waals surface area contributed by atoms with Crippen LogP contribution < -0.4 is 0 Å². The van der Waals surface area contributed by atoms with E-state index in [9.17, 15) is 9.36 Å². The van der Waals surface area contributed by atoms with Crippen molar-refractivity contribution >= 4 is 36.3 Å². The maximum Gasteiger partial charge on any atom is 0.305 e. The van der Waals surface area contributed by atoms with Crippen LogP contribution >= 0.6 is 19.6 Å². The number of benzene rings is 2. The van der Waals surface area contributed by atoms with Crippen molar-refractivity contribution in [2.24, 2.45) is 5.92 Å². The lowest BCUT2D eigenvalue weighted by molar-refractivity contribution is -0.143. The molecule has 136 valence electrons. The Balaban J connectivity index is 1.70. The van der Waals surface area contributed by atoms with Gasteiger partial charge in [0.15, 0.2) is 0 Å². The van der Waals surface area contributed by atoms with Crippen LogP contribution in [0.5, 0.6) is 0 Å². The number of fused-ring (bicyclic) bond motifs is 1. The van der Waals surface area contributed by atoms with E-state index < -0.39 is 7.80 Å². The molecule has 0 aliphatic heterocycles. The molecule has 0 saturated heterocycles. The zero-order valence-electron chi connectivity index (χ0n) is 15.0. The highest BCUT2D eigenvalue weighted by molar-refractivity contribution is 8.03. The van der Waals surface area contributed by atoms with Gasteiger partial charge in [0.05, 0.1) is 14.4 Å². The minimum absolute atomic E-state index is 0.131. The number of ether oxygens (including phenoxy) is 1. The molecular weight excluding hydrogens is 351 g/mol. The summed E-state index contributed by atoms with van der Waals surface area (Å²) in [6.45, 7) is 4.37. The lowest BCUT2D eigenvalue weighted by Crippen LogP contribution is -2.07. The fourth-order valence-electron chi connectivity index (χ4n) is 2.64. The van der Waals surface area contributed by atoms with E-state index in [0.717, 1.165) is 19.0 Å². The maximum absolute atomic E-state index is 12.3. The van der Waals surface area contributed by atoms with Crippen molar-refractivity contribution in [1.29, 1.82) is 0 Å². The van der Waals surface area contributed by atoms with Crippen LogP contribution in [-0.4, -0.2) is 24.2 Å². The monoisotopic (exact) mass is 378 g/mol. The molecule has 0 N–H and O–H groups in total. The molecule has 2 aromatic rings. The zero-order chi connectivity index (χ0) is 18.1. The van der Waals surface area contributed by atoms with Gasteiger partial charge in [-0.2, -0.15) is 0 Å². The lowest BCUT2D eigenvalue weighted by Gasteiger charge is -2.10. The number of rotatable bonds is 10. The minimum atomic E-state index is -1.59. The molecule has 0 saturated carbocycles. The highest BCUT2D eigenvalue weighted by Gasteiger charge is 2.10. The molecule has 3 nitrogen and oxygen atoms in total. The first-order valence-corrected chi connectivity index (χ1v) is 11.7. The summed E-state index contributed by atoms with van der Waals surface area (Å²) in [5.41, 5.74) is 0.688. The molecular formula is C20H27O3PS. The molecule has 2 unspecified atom stereocenters. The number of carbonyl (C=O) groups excluding carboxylic acids is 1. The van der Waals surface area contributed by atoms with Gasteiger partial charge in [0, 0.05) is 16.8 Å². The molecule has 2 atom stereocenters. The van der Waals surface area contributed by atoms with Gasteiger partial charge in [-0.1, -0.05) is 37.3 Å². The highest BCUT2D eigenvalue weighted by Crippen LogP contribution is 2.34. The van der Waals surface area contributed by atoms with Crippen LogP contribution in [0.1, 0.15) is 33.1 Å². The minimum Gasteiger partial charge on any atom is -0.466 e. The summed E-state index contributed by atoms with van der Waals surface area (Å²) in [7, 11) is -1.59. The first-order valence-electron chi connectivity index (χ1n) is 8.87. The van der Waals surface area contributed by atoms with Gasteiger partial charge in [-0.05, 0) is 54.8 Å². The van der Waals surface area contributed by atoms with Crippen molar-refractivity contribution < 1.29 is 14.1 Å². The van der Waals surface area contributed by atoms with Gasteiger partial charge in [-0.25, -0.2) is 0 Å². The van der Waals surface area contributed by atoms with Gasteiger partial charge in [0.2, 0.25) is 0 Å². The quantitative estimate of drug-likeness (QED) is 0.297. The second kappa shape index (κ2) is 10.7. The van der Waals surface area contributed by atoms with Gasteiger partial charge in [-0.15, -0.1) is 11.8 Å². The summed E-state index contributed by atoms with van der Waals surface area (Å²) in [5, 5.41) is 2.45. The first kappa shape index (κ1) is 20.1. The van der Waals surface area contributed by atoms with E-state index in [4.69, 9.17) is 4.74 Å².